The highest BCUT2D eigenvalue weighted by molar-refractivity contribution is 9.10. The van der Waals surface area contributed by atoms with E-state index < -0.39 is 0 Å². The number of likely N-dealkylation sites (N-methyl/N-ethyl adjacent to an activating group) is 1. The molecule has 0 saturated heterocycles. The van der Waals surface area contributed by atoms with Gasteiger partial charge in [-0.15, -0.1) is 0 Å². The number of halogens is 2. The maximum Gasteiger partial charge on any atom is 0.126 e. The Labute approximate surface area is 91.8 Å². The van der Waals surface area contributed by atoms with Crippen molar-refractivity contribution in [3.05, 3.63) is 34.1 Å². The van der Waals surface area contributed by atoms with Crippen LogP contribution in [0.25, 0.3) is 0 Å². The van der Waals surface area contributed by atoms with Gasteiger partial charge in [0.25, 0.3) is 0 Å². The summed E-state index contributed by atoms with van der Waals surface area (Å²) in [7, 11) is 1.95. The molecule has 0 radical (unpaired) electrons. The third-order valence-electron chi connectivity index (χ3n) is 2.92. The molecule has 0 bridgehead atoms. The molecule has 1 aliphatic rings. The van der Waals surface area contributed by atoms with E-state index in [1.807, 2.05) is 13.1 Å². The zero-order chi connectivity index (χ0) is 10.2. The summed E-state index contributed by atoms with van der Waals surface area (Å²) >= 11 is 3.36. The highest BCUT2D eigenvalue weighted by Gasteiger charge is 2.41. The van der Waals surface area contributed by atoms with Crippen LogP contribution >= 0.6 is 15.9 Å². The Kier molecular flexibility index (Phi) is 2.62. The molecular weight excluding hydrogens is 245 g/mol. The van der Waals surface area contributed by atoms with Crippen molar-refractivity contribution in [1.82, 2.24) is 5.32 Å². The Morgan fingerprint density at radius 2 is 2.21 bits per heavy atom. The van der Waals surface area contributed by atoms with Gasteiger partial charge in [0.1, 0.15) is 5.82 Å². The van der Waals surface area contributed by atoms with Gasteiger partial charge >= 0.3 is 0 Å². The number of nitrogens with one attached hydrogen (secondary N) is 1. The predicted molar refractivity (Wildman–Crippen MR) is 58.8 cm³/mol. The molecule has 1 aromatic rings. The van der Waals surface area contributed by atoms with Gasteiger partial charge in [-0.25, -0.2) is 4.39 Å². The second-order valence-electron chi connectivity index (χ2n) is 3.94. The van der Waals surface area contributed by atoms with Gasteiger partial charge in [-0.3, -0.25) is 0 Å². The normalized spacial score (nSPS) is 18.2. The molecule has 0 unspecified atom stereocenters. The molecule has 1 aromatic carbocycles. The maximum atomic E-state index is 13.4. The molecule has 0 aliphatic heterocycles. The van der Waals surface area contributed by atoms with Crippen LogP contribution in [0.5, 0.6) is 0 Å². The minimum Gasteiger partial charge on any atom is -0.314 e. The van der Waals surface area contributed by atoms with E-state index in [1.165, 1.54) is 6.07 Å². The van der Waals surface area contributed by atoms with Gasteiger partial charge in [0.05, 0.1) is 0 Å². The Hall–Kier alpha value is -0.410. The van der Waals surface area contributed by atoms with Crippen molar-refractivity contribution in [3.8, 4) is 0 Å². The van der Waals surface area contributed by atoms with Crippen LogP contribution in [-0.4, -0.2) is 12.6 Å². The molecule has 3 heteroatoms. The Balaban J connectivity index is 2.20. The highest BCUT2D eigenvalue weighted by atomic mass is 79.9. The van der Waals surface area contributed by atoms with Gasteiger partial charge in [0, 0.05) is 10.0 Å². The summed E-state index contributed by atoms with van der Waals surface area (Å²) in [5.74, 6) is -0.102. The lowest BCUT2D eigenvalue weighted by molar-refractivity contribution is 0.524. The second kappa shape index (κ2) is 3.63. The monoisotopic (exact) mass is 257 g/mol. The van der Waals surface area contributed by atoms with Crippen molar-refractivity contribution in [2.75, 3.05) is 7.05 Å². The standard InChI is InChI=1S/C11H13BrFN/c1-14-11(4-5-11)7-8-6-9(12)2-3-10(8)13/h2-3,6,14H,4-5,7H2,1H3. The van der Waals surface area contributed by atoms with Crippen molar-refractivity contribution in [2.45, 2.75) is 24.8 Å². The largest absolute Gasteiger partial charge is 0.314 e. The van der Waals surface area contributed by atoms with Crippen LogP contribution in [0.4, 0.5) is 4.39 Å². The zero-order valence-electron chi connectivity index (χ0n) is 8.11. The molecule has 0 heterocycles. The van der Waals surface area contributed by atoms with Crippen LogP contribution in [0, 0.1) is 5.82 Å². The number of hydrogen-bond donors (Lipinski definition) is 1. The van der Waals surface area contributed by atoms with Gasteiger partial charge in [-0.2, -0.15) is 0 Å². The van der Waals surface area contributed by atoms with Gasteiger partial charge in [0.15, 0.2) is 0 Å². The smallest absolute Gasteiger partial charge is 0.126 e. The first kappa shape index (κ1) is 10.1. The lowest BCUT2D eigenvalue weighted by Gasteiger charge is -2.14. The van der Waals surface area contributed by atoms with E-state index in [-0.39, 0.29) is 11.4 Å². The lowest BCUT2D eigenvalue weighted by atomic mass is 10.0. The first-order chi connectivity index (χ1) is 6.65. The van der Waals surface area contributed by atoms with E-state index in [4.69, 9.17) is 0 Å². The van der Waals surface area contributed by atoms with E-state index in [2.05, 4.69) is 21.2 Å². The Morgan fingerprint density at radius 1 is 1.50 bits per heavy atom. The fourth-order valence-electron chi connectivity index (χ4n) is 1.71. The molecule has 1 nitrogen and oxygen atoms in total. The quantitative estimate of drug-likeness (QED) is 0.879. The van der Waals surface area contributed by atoms with Crippen LogP contribution in [0.15, 0.2) is 22.7 Å². The molecule has 14 heavy (non-hydrogen) atoms. The summed E-state index contributed by atoms with van der Waals surface area (Å²) in [5.41, 5.74) is 0.966. The van der Waals surface area contributed by atoms with E-state index in [0.29, 0.717) is 0 Å². The van der Waals surface area contributed by atoms with Crippen molar-refractivity contribution >= 4 is 15.9 Å². The van der Waals surface area contributed by atoms with Gasteiger partial charge in [0.2, 0.25) is 0 Å². The van der Waals surface area contributed by atoms with Crippen LogP contribution in [0.1, 0.15) is 18.4 Å². The van der Waals surface area contributed by atoms with Crippen molar-refractivity contribution < 1.29 is 4.39 Å². The summed E-state index contributed by atoms with van der Waals surface area (Å²) in [6.45, 7) is 0. The van der Waals surface area contributed by atoms with Gasteiger partial charge in [-0.1, -0.05) is 15.9 Å². The minimum absolute atomic E-state index is 0.102. The van der Waals surface area contributed by atoms with Gasteiger partial charge in [-0.05, 0) is 50.1 Å². The number of benzene rings is 1. The average molecular weight is 258 g/mol. The van der Waals surface area contributed by atoms with E-state index in [1.54, 1.807) is 6.07 Å². The zero-order valence-corrected chi connectivity index (χ0v) is 9.70. The van der Waals surface area contributed by atoms with Crippen LogP contribution < -0.4 is 5.32 Å². The molecule has 0 atom stereocenters. The van der Waals surface area contributed by atoms with E-state index in [0.717, 1.165) is 29.3 Å². The van der Waals surface area contributed by atoms with Crippen molar-refractivity contribution in [3.63, 3.8) is 0 Å². The summed E-state index contributed by atoms with van der Waals surface area (Å²) in [4.78, 5) is 0. The summed E-state index contributed by atoms with van der Waals surface area (Å²) in [5, 5.41) is 3.27. The summed E-state index contributed by atoms with van der Waals surface area (Å²) < 4.78 is 14.4. The number of rotatable bonds is 3. The molecule has 1 saturated carbocycles. The van der Waals surface area contributed by atoms with Crippen molar-refractivity contribution in [1.29, 1.82) is 0 Å². The molecular formula is C11H13BrFN. The third kappa shape index (κ3) is 1.98. The average Bonchev–Trinajstić information content (AvgIpc) is 2.92. The second-order valence-corrected chi connectivity index (χ2v) is 4.86. The fourth-order valence-corrected chi connectivity index (χ4v) is 2.12. The SMILES string of the molecule is CNC1(Cc2cc(Br)ccc2F)CC1. The van der Waals surface area contributed by atoms with E-state index >= 15 is 0 Å². The fraction of sp³-hybridized carbons (Fsp3) is 0.455. The van der Waals surface area contributed by atoms with E-state index in [9.17, 15) is 4.39 Å². The summed E-state index contributed by atoms with van der Waals surface area (Å²) in [6, 6.07) is 5.12. The van der Waals surface area contributed by atoms with Crippen LogP contribution in [-0.2, 0) is 6.42 Å². The molecule has 76 valence electrons. The van der Waals surface area contributed by atoms with Crippen LogP contribution in [0.2, 0.25) is 0 Å². The van der Waals surface area contributed by atoms with Gasteiger partial charge < -0.3 is 5.32 Å². The Morgan fingerprint density at radius 3 is 2.79 bits per heavy atom. The summed E-state index contributed by atoms with van der Waals surface area (Å²) in [6.07, 6.45) is 3.08. The molecule has 0 aromatic heterocycles. The molecule has 0 amide bonds. The molecule has 1 N–H and O–H groups in total. The van der Waals surface area contributed by atoms with Crippen molar-refractivity contribution in [2.24, 2.45) is 0 Å². The number of hydrogen-bond acceptors (Lipinski definition) is 1. The highest BCUT2D eigenvalue weighted by Crippen LogP contribution is 2.38. The predicted octanol–water partition coefficient (Wildman–Crippen LogP) is 2.88. The molecule has 1 aliphatic carbocycles. The minimum atomic E-state index is -0.102. The first-order valence-electron chi connectivity index (χ1n) is 4.78. The first-order valence-corrected chi connectivity index (χ1v) is 5.57. The maximum absolute atomic E-state index is 13.4. The third-order valence-corrected chi connectivity index (χ3v) is 3.41. The molecule has 2 rings (SSSR count). The lowest BCUT2D eigenvalue weighted by Crippen LogP contribution is -2.29. The Bertz CT molecular complexity index is 347. The van der Waals surface area contributed by atoms with Crippen LogP contribution in [0.3, 0.4) is 0 Å². The molecule has 0 spiro atoms. The topological polar surface area (TPSA) is 12.0 Å². The molecule has 1 fully saturated rings.